The normalized spacial score (nSPS) is 23.1. The predicted molar refractivity (Wildman–Crippen MR) is 118 cm³/mol. The molecule has 8 nitrogen and oxygen atoms in total. The van der Waals surface area contributed by atoms with Gasteiger partial charge in [-0.2, -0.15) is 0 Å². The lowest BCUT2D eigenvalue weighted by molar-refractivity contribution is -0.141. The minimum Gasteiger partial charge on any atom is -0.486 e. The molecule has 3 heterocycles. The van der Waals surface area contributed by atoms with Crippen molar-refractivity contribution in [2.24, 2.45) is 5.92 Å². The quantitative estimate of drug-likeness (QED) is 0.377. The van der Waals surface area contributed by atoms with Gasteiger partial charge in [0.1, 0.15) is 19.1 Å². The summed E-state index contributed by atoms with van der Waals surface area (Å²) in [6, 6.07) is 13.6. The van der Waals surface area contributed by atoms with Crippen LogP contribution in [-0.4, -0.2) is 79.9 Å². The van der Waals surface area contributed by atoms with E-state index in [1.165, 1.54) is 0 Å². The van der Waals surface area contributed by atoms with Crippen molar-refractivity contribution in [3.8, 4) is 11.5 Å². The van der Waals surface area contributed by atoms with E-state index in [9.17, 15) is 14.4 Å². The molecule has 0 N–H and O–H groups in total. The molecule has 0 bridgehead atoms. The first-order chi connectivity index (χ1) is 16.1. The lowest BCUT2D eigenvalue weighted by atomic mass is 9.86. The molecule has 0 aromatic heterocycles. The van der Waals surface area contributed by atoms with E-state index in [2.05, 4.69) is 4.90 Å². The zero-order valence-corrected chi connectivity index (χ0v) is 18.3. The number of Topliss-reactive ketones (excluding diaryl/α,β-unsaturated/α-hetero) is 2. The number of likely N-dealkylation sites (tertiary alicyclic amines) is 1. The Bertz CT molecular complexity index is 1050. The molecule has 2 fully saturated rings. The summed E-state index contributed by atoms with van der Waals surface area (Å²) >= 11 is 0. The molecule has 0 radical (unpaired) electrons. The Morgan fingerprint density at radius 2 is 1.61 bits per heavy atom. The maximum absolute atomic E-state index is 13.6. The molecule has 5 rings (SSSR count). The van der Waals surface area contributed by atoms with Crippen molar-refractivity contribution >= 4 is 17.5 Å². The van der Waals surface area contributed by atoms with Gasteiger partial charge in [-0.05, 0) is 23.8 Å². The van der Waals surface area contributed by atoms with Crippen LogP contribution in [0.1, 0.15) is 22.0 Å². The van der Waals surface area contributed by atoms with Crippen LogP contribution in [0, 0.1) is 5.92 Å². The van der Waals surface area contributed by atoms with Gasteiger partial charge in [0.25, 0.3) is 5.91 Å². The van der Waals surface area contributed by atoms with Crippen molar-refractivity contribution in [2.45, 2.75) is 6.04 Å². The Morgan fingerprint density at radius 3 is 2.36 bits per heavy atom. The average molecular weight is 450 g/mol. The molecule has 172 valence electrons. The van der Waals surface area contributed by atoms with Crippen molar-refractivity contribution in [1.29, 1.82) is 0 Å². The van der Waals surface area contributed by atoms with Crippen LogP contribution in [0.4, 0.5) is 0 Å². The Hall–Kier alpha value is -3.23. The van der Waals surface area contributed by atoms with Gasteiger partial charge in [-0.15, -0.1) is 0 Å². The molecule has 0 saturated carbocycles. The molecule has 33 heavy (non-hydrogen) atoms. The van der Waals surface area contributed by atoms with Crippen LogP contribution in [0.3, 0.4) is 0 Å². The van der Waals surface area contributed by atoms with Crippen LogP contribution in [0.2, 0.25) is 0 Å². The number of hydrogen-bond acceptors (Lipinski definition) is 7. The fourth-order valence-corrected chi connectivity index (χ4v) is 4.70. The first-order valence-corrected chi connectivity index (χ1v) is 11.3. The number of rotatable bonds is 6. The second-order valence-corrected chi connectivity index (χ2v) is 8.37. The van der Waals surface area contributed by atoms with Gasteiger partial charge in [0.15, 0.2) is 17.3 Å². The smallest absolute Gasteiger partial charge is 0.291 e. The number of morpholine rings is 1. The topological polar surface area (TPSA) is 85.4 Å². The summed E-state index contributed by atoms with van der Waals surface area (Å²) in [7, 11) is 0. The molecule has 2 atom stereocenters. The fourth-order valence-electron chi connectivity index (χ4n) is 4.70. The Balaban J connectivity index is 1.45. The van der Waals surface area contributed by atoms with E-state index in [4.69, 9.17) is 14.2 Å². The van der Waals surface area contributed by atoms with Gasteiger partial charge in [-0.1, -0.05) is 30.3 Å². The van der Waals surface area contributed by atoms with Crippen LogP contribution in [-0.2, 0) is 14.3 Å². The number of carbonyl (C=O) groups excluding carboxylic acids is 3. The maximum atomic E-state index is 13.6. The third kappa shape index (κ3) is 4.24. The van der Waals surface area contributed by atoms with Crippen LogP contribution >= 0.6 is 0 Å². The summed E-state index contributed by atoms with van der Waals surface area (Å²) in [5.41, 5.74) is 1.11. The van der Waals surface area contributed by atoms with Crippen molar-refractivity contribution in [3.63, 3.8) is 0 Å². The number of carbonyl (C=O) groups is 3. The summed E-state index contributed by atoms with van der Waals surface area (Å²) in [6.07, 6.45) is 0. The van der Waals surface area contributed by atoms with Crippen molar-refractivity contribution in [2.75, 3.05) is 52.6 Å². The van der Waals surface area contributed by atoms with Crippen molar-refractivity contribution < 1.29 is 28.6 Å². The average Bonchev–Trinajstić information content (AvgIpc) is 3.12. The molecule has 2 saturated heterocycles. The Morgan fingerprint density at radius 1 is 0.879 bits per heavy atom. The lowest BCUT2D eigenvalue weighted by Crippen LogP contribution is -2.42. The van der Waals surface area contributed by atoms with Gasteiger partial charge in [0.2, 0.25) is 5.78 Å². The molecule has 3 aliphatic rings. The molecule has 3 aliphatic heterocycles. The summed E-state index contributed by atoms with van der Waals surface area (Å²) in [5.74, 6) is -1.71. The van der Waals surface area contributed by atoms with Crippen LogP contribution in [0.25, 0.3) is 0 Å². The standard InChI is InChI=1S/C25H26N2O6/c28-23(18-6-7-19-20(16-18)33-15-14-32-19)21-22(17-4-2-1-3-5-17)27(25(30)24(21)29)9-8-26-10-12-31-13-11-26/h1-7,16,21-22H,8-15H2. The monoisotopic (exact) mass is 450 g/mol. The summed E-state index contributed by atoms with van der Waals surface area (Å²) < 4.78 is 16.5. The minimum absolute atomic E-state index is 0.335. The van der Waals surface area contributed by atoms with Gasteiger partial charge >= 0.3 is 0 Å². The predicted octanol–water partition coefficient (Wildman–Crippen LogP) is 1.74. The van der Waals surface area contributed by atoms with Gasteiger partial charge in [-0.25, -0.2) is 0 Å². The largest absolute Gasteiger partial charge is 0.486 e. The molecule has 1 amide bonds. The molecule has 0 aliphatic carbocycles. The first-order valence-electron chi connectivity index (χ1n) is 11.3. The Kier molecular flexibility index (Phi) is 6.11. The minimum atomic E-state index is -1.10. The Labute approximate surface area is 192 Å². The zero-order valence-electron chi connectivity index (χ0n) is 18.3. The zero-order chi connectivity index (χ0) is 22.8. The van der Waals surface area contributed by atoms with E-state index in [-0.39, 0.29) is 5.78 Å². The summed E-state index contributed by atoms with van der Waals surface area (Å²) in [5, 5.41) is 0. The van der Waals surface area contributed by atoms with E-state index < -0.39 is 23.7 Å². The number of hydrogen-bond donors (Lipinski definition) is 0. The van der Waals surface area contributed by atoms with Crippen LogP contribution in [0.5, 0.6) is 11.5 Å². The van der Waals surface area contributed by atoms with E-state index in [1.54, 1.807) is 23.1 Å². The molecule has 2 aromatic carbocycles. The van der Waals surface area contributed by atoms with Crippen molar-refractivity contribution in [3.05, 3.63) is 59.7 Å². The number of ether oxygens (including phenoxy) is 3. The SMILES string of the molecule is O=C1C(=O)N(CCN2CCOCC2)C(c2ccccc2)C1C(=O)c1ccc2c(c1)OCCO2. The highest BCUT2D eigenvalue weighted by molar-refractivity contribution is 6.44. The second-order valence-electron chi connectivity index (χ2n) is 8.37. The number of amides is 1. The highest BCUT2D eigenvalue weighted by atomic mass is 16.6. The number of nitrogens with zero attached hydrogens (tertiary/aromatic N) is 2. The molecule has 2 aromatic rings. The molecular formula is C25H26N2O6. The van der Waals surface area contributed by atoms with E-state index >= 15 is 0 Å². The second kappa shape index (κ2) is 9.33. The highest BCUT2D eigenvalue weighted by Gasteiger charge is 2.51. The van der Waals surface area contributed by atoms with Gasteiger partial charge in [0.05, 0.1) is 19.3 Å². The molecule has 8 heteroatoms. The lowest BCUT2D eigenvalue weighted by Gasteiger charge is -2.31. The van der Waals surface area contributed by atoms with Gasteiger partial charge in [0, 0.05) is 31.7 Å². The summed E-state index contributed by atoms with van der Waals surface area (Å²) in [4.78, 5) is 43.6. The third-order valence-electron chi connectivity index (χ3n) is 6.42. The number of benzene rings is 2. The maximum Gasteiger partial charge on any atom is 0.291 e. The molecular weight excluding hydrogens is 424 g/mol. The van der Waals surface area contributed by atoms with E-state index in [1.807, 2.05) is 30.3 Å². The van der Waals surface area contributed by atoms with Gasteiger partial charge in [-0.3, -0.25) is 19.3 Å². The first kappa shape index (κ1) is 21.6. The fraction of sp³-hybridized carbons (Fsp3) is 0.400. The van der Waals surface area contributed by atoms with Crippen LogP contribution in [0.15, 0.2) is 48.5 Å². The number of ketones is 2. The molecule has 0 spiro atoms. The highest BCUT2D eigenvalue weighted by Crippen LogP contribution is 2.39. The third-order valence-corrected chi connectivity index (χ3v) is 6.42. The number of fused-ring (bicyclic) bond motifs is 1. The van der Waals surface area contributed by atoms with E-state index in [0.29, 0.717) is 56.6 Å². The van der Waals surface area contributed by atoms with Crippen molar-refractivity contribution in [1.82, 2.24) is 9.80 Å². The van der Waals surface area contributed by atoms with Crippen LogP contribution < -0.4 is 9.47 Å². The van der Waals surface area contributed by atoms with Gasteiger partial charge < -0.3 is 19.1 Å². The van der Waals surface area contributed by atoms with E-state index in [0.717, 1.165) is 18.7 Å². The molecule has 2 unspecified atom stereocenters. The summed E-state index contributed by atoms with van der Waals surface area (Å²) in [6.45, 7) is 4.71.